The van der Waals surface area contributed by atoms with E-state index in [1.165, 1.54) is 6.07 Å². The standard InChI is InChI=1S/C10H14O3/c1-3-4-7-9(13-2)6-5-8(11)10(7)12/h5-6,11-12H,3-4H2,1-2H3. The number of hydrogen-bond acceptors (Lipinski definition) is 3. The summed E-state index contributed by atoms with van der Waals surface area (Å²) in [5.41, 5.74) is 0.671. The zero-order valence-corrected chi connectivity index (χ0v) is 7.87. The molecule has 0 aliphatic rings. The van der Waals surface area contributed by atoms with Gasteiger partial charge < -0.3 is 14.9 Å². The number of phenols is 2. The molecule has 0 amide bonds. The van der Waals surface area contributed by atoms with Crippen LogP contribution in [0.3, 0.4) is 0 Å². The van der Waals surface area contributed by atoms with E-state index in [2.05, 4.69) is 0 Å². The van der Waals surface area contributed by atoms with E-state index in [1.807, 2.05) is 6.92 Å². The Kier molecular flexibility index (Phi) is 3.01. The van der Waals surface area contributed by atoms with Crippen molar-refractivity contribution in [3.63, 3.8) is 0 Å². The van der Waals surface area contributed by atoms with Gasteiger partial charge in [0.15, 0.2) is 11.5 Å². The average Bonchev–Trinajstić information content (AvgIpc) is 2.14. The van der Waals surface area contributed by atoms with Crippen molar-refractivity contribution in [1.82, 2.24) is 0 Å². The van der Waals surface area contributed by atoms with Crippen molar-refractivity contribution in [1.29, 1.82) is 0 Å². The first-order chi connectivity index (χ1) is 6.20. The molecule has 0 aliphatic carbocycles. The van der Waals surface area contributed by atoms with Gasteiger partial charge in [-0.05, 0) is 18.6 Å². The van der Waals surface area contributed by atoms with Crippen LogP contribution in [0.25, 0.3) is 0 Å². The smallest absolute Gasteiger partial charge is 0.164 e. The molecule has 0 heterocycles. The highest BCUT2D eigenvalue weighted by atomic mass is 16.5. The monoisotopic (exact) mass is 182 g/mol. The topological polar surface area (TPSA) is 49.7 Å². The summed E-state index contributed by atoms with van der Waals surface area (Å²) in [5.74, 6) is 0.461. The Labute approximate surface area is 77.6 Å². The molecule has 13 heavy (non-hydrogen) atoms. The van der Waals surface area contributed by atoms with Crippen molar-refractivity contribution >= 4 is 0 Å². The molecule has 0 bridgehead atoms. The minimum absolute atomic E-state index is 0.0683. The molecule has 0 atom stereocenters. The quantitative estimate of drug-likeness (QED) is 0.703. The highest BCUT2D eigenvalue weighted by Crippen LogP contribution is 2.36. The third-order valence-corrected chi connectivity index (χ3v) is 1.94. The maximum absolute atomic E-state index is 9.51. The molecule has 0 unspecified atom stereocenters. The van der Waals surface area contributed by atoms with E-state index in [1.54, 1.807) is 13.2 Å². The summed E-state index contributed by atoms with van der Waals surface area (Å²) < 4.78 is 5.06. The van der Waals surface area contributed by atoms with Crippen LogP contribution in [0.2, 0.25) is 0 Å². The molecule has 72 valence electrons. The summed E-state index contributed by atoms with van der Waals surface area (Å²) in [7, 11) is 1.55. The first kappa shape index (κ1) is 9.71. The highest BCUT2D eigenvalue weighted by Gasteiger charge is 2.11. The fraction of sp³-hybridized carbons (Fsp3) is 0.400. The maximum atomic E-state index is 9.51. The summed E-state index contributed by atoms with van der Waals surface area (Å²) in [6.07, 6.45) is 1.59. The third kappa shape index (κ3) is 1.86. The number of rotatable bonds is 3. The fourth-order valence-electron chi connectivity index (χ4n) is 1.29. The van der Waals surface area contributed by atoms with Gasteiger partial charge in [-0.15, -0.1) is 0 Å². The lowest BCUT2D eigenvalue weighted by atomic mass is 10.1. The van der Waals surface area contributed by atoms with Gasteiger partial charge in [-0.2, -0.15) is 0 Å². The number of hydrogen-bond donors (Lipinski definition) is 2. The van der Waals surface area contributed by atoms with Gasteiger partial charge in [0.25, 0.3) is 0 Å². The lowest BCUT2D eigenvalue weighted by molar-refractivity contribution is 0.377. The van der Waals surface area contributed by atoms with Gasteiger partial charge >= 0.3 is 0 Å². The van der Waals surface area contributed by atoms with Crippen LogP contribution < -0.4 is 4.74 Å². The molecular weight excluding hydrogens is 168 g/mol. The van der Waals surface area contributed by atoms with Gasteiger partial charge in [0, 0.05) is 5.56 Å². The Morgan fingerprint density at radius 3 is 2.54 bits per heavy atom. The van der Waals surface area contributed by atoms with Gasteiger partial charge in [-0.25, -0.2) is 0 Å². The Morgan fingerprint density at radius 1 is 1.31 bits per heavy atom. The highest BCUT2D eigenvalue weighted by molar-refractivity contribution is 5.52. The van der Waals surface area contributed by atoms with Gasteiger partial charge in [-0.1, -0.05) is 13.3 Å². The van der Waals surface area contributed by atoms with Crippen LogP contribution in [-0.4, -0.2) is 17.3 Å². The molecule has 3 heteroatoms. The SMILES string of the molecule is CCCc1c(OC)ccc(O)c1O. The van der Waals surface area contributed by atoms with E-state index in [9.17, 15) is 10.2 Å². The third-order valence-electron chi connectivity index (χ3n) is 1.94. The van der Waals surface area contributed by atoms with Crippen LogP contribution in [0.1, 0.15) is 18.9 Å². The van der Waals surface area contributed by atoms with Gasteiger partial charge in [0.1, 0.15) is 5.75 Å². The molecule has 0 aromatic heterocycles. The number of phenolic OH excluding ortho intramolecular Hbond substituents is 2. The van der Waals surface area contributed by atoms with Crippen molar-refractivity contribution in [3.05, 3.63) is 17.7 Å². The fourth-order valence-corrected chi connectivity index (χ4v) is 1.29. The number of aromatic hydroxyl groups is 2. The van der Waals surface area contributed by atoms with E-state index in [-0.39, 0.29) is 11.5 Å². The van der Waals surface area contributed by atoms with Crippen molar-refractivity contribution in [2.75, 3.05) is 7.11 Å². The number of benzene rings is 1. The van der Waals surface area contributed by atoms with E-state index < -0.39 is 0 Å². The van der Waals surface area contributed by atoms with Crippen LogP contribution in [0.5, 0.6) is 17.2 Å². The second-order valence-corrected chi connectivity index (χ2v) is 2.86. The minimum Gasteiger partial charge on any atom is -0.504 e. The minimum atomic E-state index is -0.0933. The van der Waals surface area contributed by atoms with E-state index in [0.29, 0.717) is 17.7 Å². The van der Waals surface area contributed by atoms with Gasteiger partial charge in [0.05, 0.1) is 7.11 Å². The predicted octanol–water partition coefficient (Wildman–Crippen LogP) is 2.06. The Morgan fingerprint density at radius 2 is 2.00 bits per heavy atom. The summed E-state index contributed by atoms with van der Waals surface area (Å²) in [5, 5.41) is 18.8. The summed E-state index contributed by atoms with van der Waals surface area (Å²) >= 11 is 0. The Balaban J connectivity index is 3.15. The zero-order chi connectivity index (χ0) is 9.84. The molecule has 0 saturated heterocycles. The van der Waals surface area contributed by atoms with Crippen LogP contribution in [-0.2, 0) is 6.42 Å². The van der Waals surface area contributed by atoms with Crippen LogP contribution in [0, 0.1) is 0 Å². The van der Waals surface area contributed by atoms with Crippen LogP contribution in [0.15, 0.2) is 12.1 Å². The predicted molar refractivity (Wildman–Crippen MR) is 50.3 cm³/mol. The molecule has 1 rings (SSSR count). The zero-order valence-electron chi connectivity index (χ0n) is 7.87. The van der Waals surface area contributed by atoms with Crippen molar-refractivity contribution < 1.29 is 14.9 Å². The number of methoxy groups -OCH3 is 1. The van der Waals surface area contributed by atoms with Crippen LogP contribution in [0.4, 0.5) is 0 Å². The number of ether oxygens (including phenoxy) is 1. The van der Waals surface area contributed by atoms with E-state index in [4.69, 9.17) is 4.74 Å². The van der Waals surface area contributed by atoms with E-state index >= 15 is 0 Å². The second-order valence-electron chi connectivity index (χ2n) is 2.86. The van der Waals surface area contributed by atoms with Gasteiger partial charge in [-0.3, -0.25) is 0 Å². The Hall–Kier alpha value is -1.38. The maximum Gasteiger partial charge on any atom is 0.164 e. The Bertz CT molecular complexity index is 294. The molecular formula is C10H14O3. The molecule has 2 N–H and O–H groups in total. The first-order valence-electron chi connectivity index (χ1n) is 4.28. The summed E-state index contributed by atoms with van der Waals surface area (Å²) in [4.78, 5) is 0. The lowest BCUT2D eigenvalue weighted by Gasteiger charge is -2.10. The normalized spacial score (nSPS) is 10.0. The van der Waals surface area contributed by atoms with E-state index in [0.717, 1.165) is 6.42 Å². The molecule has 0 radical (unpaired) electrons. The molecule has 0 spiro atoms. The molecule has 3 nitrogen and oxygen atoms in total. The van der Waals surface area contributed by atoms with Crippen LogP contribution >= 0.6 is 0 Å². The van der Waals surface area contributed by atoms with Crippen molar-refractivity contribution in [3.8, 4) is 17.2 Å². The molecule has 0 saturated carbocycles. The first-order valence-corrected chi connectivity index (χ1v) is 4.28. The average molecular weight is 182 g/mol. The molecule has 0 aliphatic heterocycles. The van der Waals surface area contributed by atoms with Crippen molar-refractivity contribution in [2.24, 2.45) is 0 Å². The molecule has 1 aromatic carbocycles. The molecule has 0 fully saturated rings. The lowest BCUT2D eigenvalue weighted by Crippen LogP contribution is -1.92. The van der Waals surface area contributed by atoms with Crippen molar-refractivity contribution in [2.45, 2.75) is 19.8 Å². The largest absolute Gasteiger partial charge is 0.504 e. The molecule has 1 aromatic rings. The summed E-state index contributed by atoms with van der Waals surface area (Å²) in [6, 6.07) is 3.08. The van der Waals surface area contributed by atoms with Gasteiger partial charge in [0.2, 0.25) is 0 Å². The summed E-state index contributed by atoms with van der Waals surface area (Å²) in [6.45, 7) is 2.00. The second kappa shape index (κ2) is 4.03.